The van der Waals surface area contributed by atoms with Crippen LogP contribution in [0, 0.1) is 0 Å². The van der Waals surface area contributed by atoms with Crippen molar-refractivity contribution in [1.29, 1.82) is 0 Å². The number of carboxylic acid groups (broad SMARTS) is 1. The third kappa shape index (κ3) is 3.25. The molecule has 0 heterocycles. The van der Waals surface area contributed by atoms with Crippen molar-refractivity contribution >= 4 is 12.0 Å². The highest BCUT2D eigenvalue weighted by atomic mass is 16.4. The molecule has 0 saturated carbocycles. The topological polar surface area (TPSA) is 60.9 Å². The molecule has 0 atom stereocenters. The Bertz CT molecular complexity index is 310. The fourth-order valence-electron chi connectivity index (χ4n) is 1.11. The Morgan fingerprint density at radius 1 is 1.31 bits per heavy atom. The minimum Gasteiger partial charge on any atom is -0.480 e. The van der Waals surface area contributed by atoms with Crippen LogP contribution in [0.15, 0.2) is 12.2 Å². The molecule has 0 bridgehead atoms. The Balaban J connectivity index is 4.74. The van der Waals surface area contributed by atoms with E-state index in [4.69, 9.17) is 5.11 Å². The lowest BCUT2D eigenvalue weighted by atomic mass is 10.0. The molecule has 0 aliphatic heterocycles. The maximum absolute atomic E-state index is 11.9. The van der Waals surface area contributed by atoms with Crippen LogP contribution in [0.3, 0.4) is 0 Å². The first-order chi connectivity index (χ1) is 7.10. The molecule has 0 aromatic heterocycles. The van der Waals surface area contributed by atoms with Gasteiger partial charge in [-0.3, -0.25) is 0 Å². The van der Waals surface area contributed by atoms with Gasteiger partial charge in [-0.2, -0.15) is 0 Å². The minimum absolute atomic E-state index is 0.338. The molecule has 1 N–H and O–H groups in total. The molecule has 0 aromatic carbocycles. The summed E-state index contributed by atoms with van der Waals surface area (Å²) in [5.41, 5.74) is -0.377. The number of nitrogens with zero attached hydrogens (tertiary/aromatic N) is 2. The van der Waals surface area contributed by atoms with Gasteiger partial charge in [0.2, 0.25) is 0 Å². The lowest BCUT2D eigenvalue weighted by Gasteiger charge is -2.34. The van der Waals surface area contributed by atoms with Crippen molar-refractivity contribution in [3.05, 3.63) is 12.2 Å². The molecule has 0 radical (unpaired) electrons. The maximum Gasteiger partial charge on any atom is 0.329 e. The SMILES string of the molecule is C=C(C)CN(C)C(=O)N(C)C(C)(C)C(=O)O. The molecule has 16 heavy (non-hydrogen) atoms. The summed E-state index contributed by atoms with van der Waals surface area (Å²) in [6.45, 7) is 8.91. The number of hydrogen-bond acceptors (Lipinski definition) is 2. The van der Waals surface area contributed by atoms with E-state index in [2.05, 4.69) is 6.58 Å². The summed E-state index contributed by atoms with van der Waals surface area (Å²) in [5, 5.41) is 8.99. The van der Waals surface area contributed by atoms with E-state index < -0.39 is 11.5 Å². The molecule has 0 aliphatic carbocycles. The molecule has 5 heteroatoms. The van der Waals surface area contributed by atoms with Gasteiger partial charge >= 0.3 is 12.0 Å². The first-order valence-corrected chi connectivity index (χ1v) is 4.97. The molecule has 5 nitrogen and oxygen atoms in total. The number of urea groups is 1. The fourth-order valence-corrected chi connectivity index (χ4v) is 1.11. The Hall–Kier alpha value is -1.52. The van der Waals surface area contributed by atoms with Crippen LogP contribution in [-0.2, 0) is 4.79 Å². The summed E-state index contributed by atoms with van der Waals surface area (Å²) >= 11 is 0. The van der Waals surface area contributed by atoms with Gasteiger partial charge in [0, 0.05) is 20.6 Å². The van der Waals surface area contributed by atoms with Crippen LogP contribution < -0.4 is 0 Å². The standard InChI is InChI=1S/C11H20N2O3/c1-8(2)7-12(5)10(16)13(6)11(3,4)9(14)15/h1,7H2,2-6H3,(H,14,15). The number of hydrogen-bond donors (Lipinski definition) is 1. The molecular weight excluding hydrogens is 208 g/mol. The van der Waals surface area contributed by atoms with Crippen LogP contribution in [0.5, 0.6) is 0 Å². The average molecular weight is 228 g/mol. The van der Waals surface area contributed by atoms with Crippen molar-refractivity contribution in [2.45, 2.75) is 26.3 Å². The predicted octanol–water partition coefficient (Wildman–Crippen LogP) is 1.41. The predicted molar refractivity (Wildman–Crippen MR) is 62.3 cm³/mol. The van der Waals surface area contributed by atoms with Crippen molar-refractivity contribution < 1.29 is 14.7 Å². The minimum atomic E-state index is -1.22. The van der Waals surface area contributed by atoms with Gasteiger partial charge in [0.25, 0.3) is 0 Å². The first-order valence-electron chi connectivity index (χ1n) is 4.97. The second-order valence-corrected chi connectivity index (χ2v) is 4.52. The molecule has 0 saturated heterocycles. The van der Waals surface area contributed by atoms with Crippen LogP contribution in [0.1, 0.15) is 20.8 Å². The normalized spacial score (nSPS) is 10.8. The van der Waals surface area contributed by atoms with Gasteiger partial charge in [-0.05, 0) is 20.8 Å². The monoisotopic (exact) mass is 228 g/mol. The van der Waals surface area contributed by atoms with E-state index >= 15 is 0 Å². The smallest absolute Gasteiger partial charge is 0.329 e. The number of aliphatic carboxylic acids is 1. The maximum atomic E-state index is 11.9. The van der Waals surface area contributed by atoms with Gasteiger partial charge in [-0.15, -0.1) is 0 Å². The van der Waals surface area contributed by atoms with Crippen LogP contribution in [-0.4, -0.2) is 53.1 Å². The summed E-state index contributed by atoms with van der Waals surface area (Å²) < 4.78 is 0. The van der Waals surface area contributed by atoms with Crippen LogP contribution in [0.2, 0.25) is 0 Å². The molecule has 0 rings (SSSR count). The second-order valence-electron chi connectivity index (χ2n) is 4.52. The summed E-state index contributed by atoms with van der Waals surface area (Å²) in [7, 11) is 3.09. The molecule has 0 unspecified atom stereocenters. The van der Waals surface area contributed by atoms with Crippen LogP contribution in [0.4, 0.5) is 4.79 Å². The zero-order chi connectivity index (χ0) is 13.1. The quantitative estimate of drug-likeness (QED) is 0.740. The van der Waals surface area contributed by atoms with Gasteiger partial charge in [-0.25, -0.2) is 9.59 Å². The summed E-state index contributed by atoms with van der Waals surface area (Å²) in [6.07, 6.45) is 0. The summed E-state index contributed by atoms with van der Waals surface area (Å²) in [4.78, 5) is 25.5. The van der Waals surface area contributed by atoms with Gasteiger partial charge in [0.05, 0.1) is 0 Å². The average Bonchev–Trinajstić information content (AvgIpc) is 2.13. The zero-order valence-electron chi connectivity index (χ0n) is 10.6. The van der Waals surface area contributed by atoms with E-state index in [9.17, 15) is 9.59 Å². The number of carbonyl (C=O) groups excluding carboxylic acids is 1. The van der Waals surface area contributed by atoms with E-state index in [1.54, 1.807) is 7.05 Å². The third-order valence-electron chi connectivity index (χ3n) is 2.48. The Kier molecular flexibility index (Phi) is 4.53. The highest BCUT2D eigenvalue weighted by Gasteiger charge is 2.36. The summed E-state index contributed by atoms with van der Waals surface area (Å²) in [5.74, 6) is -1.04. The number of carboxylic acids is 1. The van der Waals surface area contributed by atoms with E-state index in [1.807, 2.05) is 6.92 Å². The molecule has 0 spiro atoms. The number of likely N-dealkylation sites (N-methyl/N-ethyl adjacent to an activating group) is 2. The number of carbonyl (C=O) groups is 2. The van der Waals surface area contributed by atoms with Gasteiger partial charge < -0.3 is 14.9 Å². The van der Waals surface area contributed by atoms with Gasteiger partial charge in [0.1, 0.15) is 5.54 Å². The zero-order valence-corrected chi connectivity index (χ0v) is 10.6. The molecule has 0 aliphatic rings. The van der Waals surface area contributed by atoms with E-state index in [0.29, 0.717) is 6.54 Å². The largest absolute Gasteiger partial charge is 0.480 e. The molecule has 0 aromatic rings. The van der Waals surface area contributed by atoms with E-state index in [-0.39, 0.29) is 6.03 Å². The molecule has 92 valence electrons. The lowest BCUT2D eigenvalue weighted by Crippen LogP contribution is -2.54. The Morgan fingerprint density at radius 2 is 1.75 bits per heavy atom. The first kappa shape index (κ1) is 14.5. The Labute approximate surface area is 96.3 Å². The van der Waals surface area contributed by atoms with Crippen molar-refractivity contribution in [1.82, 2.24) is 9.80 Å². The Morgan fingerprint density at radius 3 is 2.06 bits per heavy atom. The number of amides is 2. The second kappa shape index (κ2) is 5.01. The number of rotatable bonds is 4. The van der Waals surface area contributed by atoms with E-state index in [0.717, 1.165) is 5.57 Å². The molecular formula is C11H20N2O3. The van der Waals surface area contributed by atoms with E-state index in [1.165, 1.54) is 30.7 Å². The highest BCUT2D eigenvalue weighted by molar-refractivity contribution is 5.85. The van der Waals surface area contributed by atoms with Gasteiger partial charge in [0.15, 0.2) is 0 Å². The fraction of sp³-hybridized carbons (Fsp3) is 0.636. The van der Waals surface area contributed by atoms with Crippen LogP contribution >= 0.6 is 0 Å². The van der Waals surface area contributed by atoms with Crippen molar-refractivity contribution in [2.24, 2.45) is 0 Å². The lowest BCUT2D eigenvalue weighted by molar-refractivity contribution is -0.147. The van der Waals surface area contributed by atoms with Crippen molar-refractivity contribution in [2.75, 3.05) is 20.6 Å². The molecule has 2 amide bonds. The van der Waals surface area contributed by atoms with Crippen molar-refractivity contribution in [3.63, 3.8) is 0 Å². The molecule has 0 fully saturated rings. The van der Waals surface area contributed by atoms with Crippen LogP contribution in [0.25, 0.3) is 0 Å². The summed E-state index contributed by atoms with van der Waals surface area (Å²) in [6, 6.07) is -0.338. The van der Waals surface area contributed by atoms with Gasteiger partial charge in [-0.1, -0.05) is 12.2 Å². The third-order valence-corrected chi connectivity index (χ3v) is 2.48. The highest BCUT2D eigenvalue weighted by Crippen LogP contribution is 2.14. The van der Waals surface area contributed by atoms with Crippen molar-refractivity contribution in [3.8, 4) is 0 Å².